The molecule has 31 heavy (non-hydrogen) atoms. The molecule has 2 fully saturated rings. The van der Waals surface area contributed by atoms with Crippen molar-refractivity contribution in [3.63, 3.8) is 0 Å². The van der Waals surface area contributed by atoms with Gasteiger partial charge >= 0.3 is 0 Å². The number of likely N-dealkylation sites (N-methyl/N-ethyl adjacent to an activating group) is 1. The maximum Gasteiger partial charge on any atom is 0.191 e. The van der Waals surface area contributed by atoms with E-state index in [1.165, 1.54) is 0 Å². The second-order valence-corrected chi connectivity index (χ2v) is 8.02. The number of nitrogens with zero attached hydrogens (tertiary/aromatic N) is 5. The van der Waals surface area contributed by atoms with Gasteiger partial charge in [0, 0.05) is 64.6 Å². The Balaban J connectivity index is 0.00000341. The number of guanidine groups is 1. The summed E-state index contributed by atoms with van der Waals surface area (Å²) in [5, 5.41) is 6.83. The van der Waals surface area contributed by atoms with Crippen molar-refractivity contribution in [1.82, 2.24) is 25.4 Å². The van der Waals surface area contributed by atoms with Gasteiger partial charge in [-0.2, -0.15) is 0 Å². The van der Waals surface area contributed by atoms with Crippen LogP contribution in [0.5, 0.6) is 0 Å². The summed E-state index contributed by atoms with van der Waals surface area (Å²) < 4.78 is 5.45. The quantitative estimate of drug-likeness (QED) is 0.293. The highest BCUT2D eigenvalue weighted by molar-refractivity contribution is 14.0. The zero-order valence-electron chi connectivity index (χ0n) is 19.3. The predicted octanol–water partition coefficient (Wildman–Crippen LogP) is 1.62. The number of hydrogen-bond acceptors (Lipinski definition) is 6. The van der Waals surface area contributed by atoms with Crippen molar-refractivity contribution in [2.45, 2.75) is 33.4 Å². The topological polar surface area (TPSA) is 68.3 Å². The number of nitrogens with one attached hydrogen (secondary N) is 2. The molecule has 2 aliphatic heterocycles. The van der Waals surface area contributed by atoms with Gasteiger partial charge in [-0.15, -0.1) is 24.0 Å². The highest BCUT2D eigenvalue weighted by Gasteiger charge is 2.18. The van der Waals surface area contributed by atoms with E-state index in [1.807, 2.05) is 6.20 Å². The highest BCUT2D eigenvalue weighted by Crippen LogP contribution is 2.14. The molecule has 3 rings (SSSR count). The number of pyridine rings is 1. The van der Waals surface area contributed by atoms with Crippen LogP contribution in [0.15, 0.2) is 23.3 Å². The van der Waals surface area contributed by atoms with Gasteiger partial charge < -0.3 is 25.2 Å². The molecule has 2 aliphatic rings. The van der Waals surface area contributed by atoms with Crippen LogP contribution in [0.25, 0.3) is 0 Å². The van der Waals surface area contributed by atoms with Gasteiger partial charge in [-0.25, -0.2) is 9.98 Å². The summed E-state index contributed by atoms with van der Waals surface area (Å²) in [5.74, 6) is 1.93. The van der Waals surface area contributed by atoms with Crippen molar-refractivity contribution in [3.05, 3.63) is 23.9 Å². The molecule has 2 saturated heterocycles. The molecule has 3 heterocycles. The number of morpholine rings is 1. The predicted molar refractivity (Wildman–Crippen MR) is 139 cm³/mol. The Morgan fingerprint density at radius 1 is 1.10 bits per heavy atom. The number of ether oxygens (including phenoxy) is 1. The second kappa shape index (κ2) is 14.1. The molecule has 0 saturated carbocycles. The van der Waals surface area contributed by atoms with Crippen LogP contribution in [0.1, 0.15) is 26.3 Å². The average Bonchev–Trinajstić information content (AvgIpc) is 2.81. The Labute approximate surface area is 204 Å². The molecule has 9 heteroatoms. The summed E-state index contributed by atoms with van der Waals surface area (Å²) in [7, 11) is 0. The van der Waals surface area contributed by atoms with Gasteiger partial charge in [0.15, 0.2) is 5.96 Å². The standard InChI is InChI=1S/C22H39N7O.HI/c1-4-23-22(25-16-19(3)28-12-14-30-15-13-28)26-18-20-6-7-21(24-17-20)29-10-8-27(5-2)9-11-29;/h6-7,17,19H,4-5,8-16,18H2,1-3H3,(H2,23,25,26);1H. The summed E-state index contributed by atoms with van der Waals surface area (Å²) in [4.78, 5) is 16.8. The number of piperazine rings is 1. The summed E-state index contributed by atoms with van der Waals surface area (Å²) in [6.07, 6.45) is 1.96. The molecular weight excluding hydrogens is 505 g/mol. The van der Waals surface area contributed by atoms with Crippen LogP contribution in [0.2, 0.25) is 0 Å². The molecule has 0 amide bonds. The van der Waals surface area contributed by atoms with Gasteiger partial charge in [0.2, 0.25) is 0 Å². The molecular formula is C22H40IN7O. The Hall–Kier alpha value is -1.17. The van der Waals surface area contributed by atoms with Crippen molar-refractivity contribution in [1.29, 1.82) is 0 Å². The number of anilines is 1. The van der Waals surface area contributed by atoms with Gasteiger partial charge in [0.05, 0.1) is 19.8 Å². The molecule has 1 aromatic rings. The van der Waals surface area contributed by atoms with Crippen molar-refractivity contribution >= 4 is 35.8 Å². The minimum atomic E-state index is 0. The van der Waals surface area contributed by atoms with Crippen LogP contribution in [-0.4, -0.2) is 98.9 Å². The van der Waals surface area contributed by atoms with E-state index in [1.54, 1.807) is 0 Å². The third-order valence-corrected chi connectivity index (χ3v) is 5.95. The smallest absolute Gasteiger partial charge is 0.191 e. The lowest BCUT2D eigenvalue weighted by atomic mass is 10.2. The van der Waals surface area contributed by atoms with Crippen LogP contribution in [0.3, 0.4) is 0 Å². The first-order chi connectivity index (χ1) is 14.7. The van der Waals surface area contributed by atoms with Crippen LogP contribution in [0.4, 0.5) is 5.82 Å². The first-order valence-corrected chi connectivity index (χ1v) is 11.5. The van der Waals surface area contributed by atoms with Crippen molar-refractivity contribution < 1.29 is 4.74 Å². The van der Waals surface area contributed by atoms with Crippen LogP contribution >= 0.6 is 24.0 Å². The molecule has 2 N–H and O–H groups in total. The van der Waals surface area contributed by atoms with E-state index < -0.39 is 0 Å². The first-order valence-electron chi connectivity index (χ1n) is 11.5. The fraction of sp³-hybridized carbons (Fsp3) is 0.727. The third-order valence-electron chi connectivity index (χ3n) is 5.95. The zero-order chi connectivity index (χ0) is 21.2. The molecule has 0 aliphatic carbocycles. The van der Waals surface area contributed by atoms with E-state index in [2.05, 4.69) is 58.2 Å². The molecule has 1 unspecified atom stereocenters. The maximum atomic E-state index is 5.45. The van der Waals surface area contributed by atoms with Crippen molar-refractivity contribution in [3.8, 4) is 0 Å². The first kappa shape index (κ1) is 26.1. The molecule has 176 valence electrons. The summed E-state index contributed by atoms with van der Waals surface area (Å²) in [6, 6.07) is 4.73. The lowest BCUT2D eigenvalue weighted by Gasteiger charge is -2.34. The van der Waals surface area contributed by atoms with Crippen molar-refractivity contribution in [2.24, 2.45) is 4.99 Å². The van der Waals surface area contributed by atoms with Gasteiger partial charge in [-0.1, -0.05) is 13.0 Å². The van der Waals surface area contributed by atoms with Gasteiger partial charge in [0.25, 0.3) is 0 Å². The molecule has 0 radical (unpaired) electrons. The minimum Gasteiger partial charge on any atom is -0.379 e. The lowest BCUT2D eigenvalue weighted by Crippen LogP contribution is -2.49. The van der Waals surface area contributed by atoms with Gasteiger partial charge in [-0.3, -0.25) is 4.90 Å². The number of hydrogen-bond donors (Lipinski definition) is 2. The van der Waals surface area contributed by atoms with Gasteiger partial charge in [0.1, 0.15) is 5.82 Å². The normalized spacial score (nSPS) is 19.6. The summed E-state index contributed by atoms with van der Waals surface area (Å²) in [5.41, 5.74) is 1.13. The Morgan fingerprint density at radius 3 is 2.45 bits per heavy atom. The van der Waals surface area contributed by atoms with E-state index in [0.29, 0.717) is 12.6 Å². The minimum absolute atomic E-state index is 0. The molecule has 1 aromatic heterocycles. The van der Waals surface area contributed by atoms with Crippen molar-refractivity contribution in [2.75, 3.05) is 77.0 Å². The fourth-order valence-corrected chi connectivity index (χ4v) is 3.89. The van der Waals surface area contributed by atoms with Crippen LogP contribution < -0.4 is 15.5 Å². The van der Waals surface area contributed by atoms with Crippen LogP contribution in [0, 0.1) is 0 Å². The summed E-state index contributed by atoms with van der Waals surface area (Å²) >= 11 is 0. The SMILES string of the molecule is CCNC(=NCc1ccc(N2CCN(CC)CC2)nc1)NCC(C)N1CCOCC1.I. The van der Waals surface area contributed by atoms with E-state index in [9.17, 15) is 0 Å². The Bertz CT molecular complexity index is 644. The van der Waals surface area contributed by atoms with E-state index >= 15 is 0 Å². The largest absolute Gasteiger partial charge is 0.379 e. The van der Waals surface area contributed by atoms with E-state index in [4.69, 9.17) is 14.7 Å². The molecule has 0 bridgehead atoms. The monoisotopic (exact) mass is 545 g/mol. The molecule has 0 spiro atoms. The Kier molecular flexibility index (Phi) is 11.8. The summed E-state index contributed by atoms with van der Waals surface area (Å²) in [6.45, 7) is 18.0. The van der Waals surface area contributed by atoms with E-state index in [-0.39, 0.29) is 24.0 Å². The fourth-order valence-electron chi connectivity index (χ4n) is 3.89. The Morgan fingerprint density at radius 2 is 1.84 bits per heavy atom. The zero-order valence-corrected chi connectivity index (χ0v) is 21.7. The maximum absolute atomic E-state index is 5.45. The second-order valence-electron chi connectivity index (χ2n) is 8.02. The lowest BCUT2D eigenvalue weighted by molar-refractivity contribution is 0.0211. The number of aliphatic imine (C=N–C) groups is 1. The van der Waals surface area contributed by atoms with E-state index in [0.717, 1.165) is 89.5 Å². The number of rotatable bonds is 8. The van der Waals surface area contributed by atoms with Crippen LogP contribution in [-0.2, 0) is 11.3 Å². The molecule has 8 nitrogen and oxygen atoms in total. The molecule has 1 atom stereocenters. The third kappa shape index (κ3) is 8.36. The molecule has 0 aromatic carbocycles. The highest BCUT2D eigenvalue weighted by atomic mass is 127. The number of halogens is 1. The van der Waals surface area contributed by atoms with Gasteiger partial charge in [-0.05, 0) is 32.0 Å². The average molecular weight is 546 g/mol. The number of aromatic nitrogens is 1.